The van der Waals surface area contributed by atoms with Crippen LogP contribution in [0.4, 0.5) is 14.5 Å². The number of rotatable bonds is 6. The lowest BCUT2D eigenvalue weighted by Gasteiger charge is -2.30. The lowest BCUT2D eigenvalue weighted by Crippen LogP contribution is -2.44. The van der Waals surface area contributed by atoms with Gasteiger partial charge in [-0.25, -0.2) is 13.8 Å². The summed E-state index contributed by atoms with van der Waals surface area (Å²) in [5.41, 5.74) is 1.37. The van der Waals surface area contributed by atoms with Crippen molar-refractivity contribution in [2.24, 2.45) is 5.92 Å². The molecule has 1 aromatic carbocycles. The molecule has 2 aromatic rings. The first-order valence-electron chi connectivity index (χ1n) is 9.11. The number of benzene rings is 1. The van der Waals surface area contributed by atoms with E-state index in [2.05, 4.69) is 10.3 Å². The summed E-state index contributed by atoms with van der Waals surface area (Å²) in [4.78, 5) is 7.07. The first kappa shape index (κ1) is 17.8. The van der Waals surface area contributed by atoms with Crippen LogP contribution in [0.2, 0.25) is 0 Å². The highest BCUT2D eigenvalue weighted by Gasteiger charge is 2.23. The quantitative estimate of drug-likeness (QED) is 0.830. The van der Waals surface area contributed by atoms with Crippen molar-refractivity contribution < 1.29 is 13.5 Å². The zero-order valence-electron chi connectivity index (χ0n) is 14.9. The van der Waals surface area contributed by atoms with E-state index < -0.39 is 11.6 Å². The normalized spacial score (nSPS) is 17.7. The highest BCUT2D eigenvalue weighted by atomic mass is 32.1. The van der Waals surface area contributed by atoms with Crippen molar-refractivity contribution in [1.29, 1.82) is 0 Å². The van der Waals surface area contributed by atoms with Gasteiger partial charge >= 0.3 is 0 Å². The molecule has 4 rings (SSSR count). The largest absolute Gasteiger partial charge is 0.375 e. The third-order valence-corrected chi connectivity index (χ3v) is 5.87. The lowest BCUT2D eigenvalue weighted by atomic mass is 10.1. The molecular weight excluding hydrogens is 356 g/mol. The molecule has 1 aromatic heterocycles. The summed E-state index contributed by atoms with van der Waals surface area (Å²) in [5, 5.41) is 4.07. The van der Waals surface area contributed by atoms with Gasteiger partial charge < -0.3 is 15.0 Å². The molecule has 26 heavy (non-hydrogen) atoms. The Hall–Kier alpha value is -1.57. The van der Waals surface area contributed by atoms with Crippen molar-refractivity contribution in [2.75, 3.05) is 37.7 Å². The van der Waals surface area contributed by atoms with Gasteiger partial charge in [-0.05, 0) is 43.4 Å². The molecule has 2 heterocycles. The zero-order valence-corrected chi connectivity index (χ0v) is 15.7. The van der Waals surface area contributed by atoms with Crippen LogP contribution in [0.3, 0.4) is 0 Å². The minimum atomic E-state index is -0.516. The Morgan fingerprint density at radius 3 is 2.58 bits per heavy atom. The van der Waals surface area contributed by atoms with Gasteiger partial charge in [-0.3, -0.25) is 0 Å². The van der Waals surface area contributed by atoms with Crippen molar-refractivity contribution in [1.82, 2.24) is 10.3 Å². The van der Waals surface area contributed by atoms with Crippen LogP contribution in [0.1, 0.15) is 23.5 Å². The number of ether oxygens (including phenoxy) is 1. The molecule has 4 nitrogen and oxygen atoms in total. The Morgan fingerprint density at radius 2 is 1.92 bits per heavy atom. The van der Waals surface area contributed by atoms with Crippen LogP contribution in [0.15, 0.2) is 12.1 Å². The molecule has 0 bridgehead atoms. The lowest BCUT2D eigenvalue weighted by molar-refractivity contribution is 0.109. The summed E-state index contributed by atoms with van der Waals surface area (Å²) < 4.78 is 35.2. The molecule has 2 fully saturated rings. The second-order valence-corrected chi connectivity index (χ2v) is 8.20. The Balaban J connectivity index is 1.59. The number of hydrogen-bond acceptors (Lipinski definition) is 5. The van der Waals surface area contributed by atoms with Crippen molar-refractivity contribution >= 4 is 17.0 Å². The van der Waals surface area contributed by atoms with E-state index >= 15 is 0 Å². The molecule has 0 radical (unpaired) electrons. The summed E-state index contributed by atoms with van der Waals surface area (Å²) in [7, 11) is 0. The minimum absolute atomic E-state index is 0.0722. The van der Waals surface area contributed by atoms with E-state index in [0.29, 0.717) is 31.2 Å². The van der Waals surface area contributed by atoms with Crippen LogP contribution >= 0.6 is 11.3 Å². The van der Waals surface area contributed by atoms with Gasteiger partial charge in [0.2, 0.25) is 0 Å². The van der Waals surface area contributed by atoms with Crippen LogP contribution in [0, 0.1) is 24.5 Å². The predicted octanol–water partition coefficient (Wildman–Crippen LogP) is 3.73. The standard InChI is InChI=1S/C19H23F2N3OS/c1-12-23-17(11-25-10-13-2-3-13)19(26-12)14-8-15(20)18(16(21)9-14)24-6-4-22-5-7-24/h8-9,13,22H,2-7,10-11H2,1H3. The minimum Gasteiger partial charge on any atom is -0.375 e. The number of nitrogens with one attached hydrogen (secondary N) is 1. The van der Waals surface area contributed by atoms with Gasteiger partial charge in [-0.1, -0.05) is 0 Å². The van der Waals surface area contributed by atoms with E-state index in [1.54, 1.807) is 4.90 Å². The number of piperazine rings is 1. The Labute approximate surface area is 156 Å². The van der Waals surface area contributed by atoms with E-state index in [1.165, 1.54) is 36.3 Å². The monoisotopic (exact) mass is 379 g/mol. The number of aryl methyl sites for hydroxylation is 1. The van der Waals surface area contributed by atoms with Crippen LogP contribution < -0.4 is 10.2 Å². The average Bonchev–Trinajstić information content (AvgIpc) is 3.36. The third kappa shape index (κ3) is 3.89. The van der Waals surface area contributed by atoms with E-state index in [4.69, 9.17) is 4.74 Å². The summed E-state index contributed by atoms with van der Waals surface area (Å²) >= 11 is 1.45. The average molecular weight is 379 g/mol. The van der Waals surface area contributed by atoms with Gasteiger partial charge in [0.25, 0.3) is 0 Å². The molecule has 1 aliphatic heterocycles. The molecule has 1 saturated carbocycles. The molecule has 0 unspecified atom stereocenters. The number of halogens is 2. The van der Waals surface area contributed by atoms with Gasteiger partial charge in [0.1, 0.15) is 17.3 Å². The topological polar surface area (TPSA) is 37.4 Å². The van der Waals surface area contributed by atoms with Gasteiger partial charge in [-0.2, -0.15) is 0 Å². The number of nitrogens with zero attached hydrogens (tertiary/aromatic N) is 2. The van der Waals surface area contributed by atoms with Gasteiger partial charge in [0, 0.05) is 32.8 Å². The molecule has 1 N–H and O–H groups in total. The highest BCUT2D eigenvalue weighted by molar-refractivity contribution is 7.15. The number of hydrogen-bond donors (Lipinski definition) is 1. The maximum Gasteiger partial charge on any atom is 0.150 e. The van der Waals surface area contributed by atoms with Crippen molar-refractivity contribution in [2.45, 2.75) is 26.4 Å². The maximum atomic E-state index is 14.7. The van der Waals surface area contributed by atoms with E-state index in [1.807, 2.05) is 6.92 Å². The van der Waals surface area contributed by atoms with Gasteiger partial charge in [-0.15, -0.1) is 11.3 Å². The van der Waals surface area contributed by atoms with E-state index in [9.17, 15) is 8.78 Å². The SMILES string of the molecule is Cc1nc(COCC2CC2)c(-c2cc(F)c(N3CCNCC3)c(F)c2)s1. The molecule has 140 valence electrons. The maximum absolute atomic E-state index is 14.7. The highest BCUT2D eigenvalue weighted by Crippen LogP contribution is 2.36. The van der Waals surface area contributed by atoms with Crippen LogP contribution in [0.25, 0.3) is 10.4 Å². The van der Waals surface area contributed by atoms with Crippen LogP contribution in [-0.2, 0) is 11.3 Å². The Bertz CT molecular complexity index is 762. The van der Waals surface area contributed by atoms with Crippen molar-refractivity contribution in [3.63, 3.8) is 0 Å². The molecule has 2 aliphatic rings. The molecule has 7 heteroatoms. The first-order valence-corrected chi connectivity index (χ1v) is 9.92. The van der Waals surface area contributed by atoms with Crippen LogP contribution in [0.5, 0.6) is 0 Å². The molecular formula is C19H23F2N3OS. The summed E-state index contributed by atoms with van der Waals surface area (Å²) in [5.74, 6) is -0.359. The molecule has 0 spiro atoms. The number of aromatic nitrogens is 1. The van der Waals surface area contributed by atoms with Gasteiger partial charge in [0.05, 0.1) is 22.2 Å². The molecule has 0 atom stereocenters. The number of thiazole rings is 1. The van der Waals surface area contributed by atoms with Crippen molar-refractivity contribution in [3.05, 3.63) is 34.5 Å². The third-order valence-electron chi connectivity index (χ3n) is 4.81. The number of anilines is 1. The predicted molar refractivity (Wildman–Crippen MR) is 99.7 cm³/mol. The first-order chi connectivity index (χ1) is 12.6. The molecule has 1 saturated heterocycles. The Morgan fingerprint density at radius 1 is 1.23 bits per heavy atom. The second kappa shape index (κ2) is 7.58. The zero-order chi connectivity index (χ0) is 18.1. The van der Waals surface area contributed by atoms with E-state index in [-0.39, 0.29) is 5.69 Å². The van der Waals surface area contributed by atoms with E-state index in [0.717, 1.165) is 35.3 Å². The fourth-order valence-electron chi connectivity index (χ4n) is 3.29. The van der Waals surface area contributed by atoms with Crippen molar-refractivity contribution in [3.8, 4) is 10.4 Å². The fourth-order valence-corrected chi connectivity index (χ4v) is 4.20. The van der Waals surface area contributed by atoms with Gasteiger partial charge in [0.15, 0.2) is 0 Å². The summed E-state index contributed by atoms with van der Waals surface area (Å²) in [6.45, 7) is 5.70. The van der Waals surface area contributed by atoms with Crippen LogP contribution in [-0.4, -0.2) is 37.8 Å². The molecule has 0 amide bonds. The fraction of sp³-hybridized carbons (Fsp3) is 0.526. The smallest absolute Gasteiger partial charge is 0.150 e. The Kier molecular flexibility index (Phi) is 5.20. The molecule has 1 aliphatic carbocycles. The summed E-state index contributed by atoms with van der Waals surface area (Å²) in [6, 6.07) is 2.86. The summed E-state index contributed by atoms with van der Waals surface area (Å²) in [6.07, 6.45) is 2.46. The second-order valence-electron chi connectivity index (χ2n) is 6.99.